The molecule has 3 unspecified atom stereocenters. The van der Waals surface area contributed by atoms with Crippen molar-refractivity contribution in [2.24, 2.45) is 5.73 Å². The number of benzene rings is 1. The third-order valence-corrected chi connectivity index (χ3v) is 7.08. The average Bonchev–Trinajstić information content (AvgIpc) is 3.06. The van der Waals surface area contributed by atoms with Gasteiger partial charge in [0.15, 0.2) is 6.23 Å². The predicted octanol–water partition coefficient (Wildman–Crippen LogP) is 1.63. The number of phosphoric ester groups is 1. The lowest BCUT2D eigenvalue weighted by Crippen LogP contribution is -2.42. The Bertz CT molecular complexity index is 973. The molecule has 0 spiro atoms. The van der Waals surface area contributed by atoms with Gasteiger partial charge < -0.3 is 25.6 Å². The van der Waals surface area contributed by atoms with Crippen molar-refractivity contribution < 1.29 is 37.9 Å². The summed E-state index contributed by atoms with van der Waals surface area (Å²) < 4.78 is 35.0. The fraction of sp³-hybridized carbons (Fsp3) is 0.450. The summed E-state index contributed by atoms with van der Waals surface area (Å²) in [4.78, 5) is 13.0. The molecule has 0 radical (unpaired) electrons. The molecule has 0 saturated carbocycles. The van der Waals surface area contributed by atoms with Crippen LogP contribution in [-0.4, -0.2) is 65.3 Å². The Morgan fingerprint density at radius 1 is 1.34 bits per heavy atom. The Kier molecular flexibility index (Phi) is 7.04. The first-order chi connectivity index (χ1) is 15.3. The van der Waals surface area contributed by atoms with E-state index in [1.807, 2.05) is 0 Å². The number of aliphatic hydroxyl groups is 2. The second kappa shape index (κ2) is 9.62. The number of hydrogen-bond donors (Lipinski definition) is 3. The SMILES string of the molecule is NC(=O)C1=CN([C@@H]2OC(COP3(=O)OCCC(c4cccc(Cl)c4)O3)[C@@H](O)[C@H]2O)CC=C1. The van der Waals surface area contributed by atoms with E-state index in [4.69, 9.17) is 35.6 Å². The van der Waals surface area contributed by atoms with Gasteiger partial charge in [0.2, 0.25) is 5.91 Å². The van der Waals surface area contributed by atoms with E-state index >= 15 is 0 Å². The molecule has 10 nitrogen and oxygen atoms in total. The first-order valence-electron chi connectivity index (χ1n) is 10.0. The van der Waals surface area contributed by atoms with Crippen molar-refractivity contribution in [2.45, 2.75) is 37.1 Å². The van der Waals surface area contributed by atoms with Crippen molar-refractivity contribution in [3.8, 4) is 0 Å². The number of amides is 1. The van der Waals surface area contributed by atoms with E-state index in [9.17, 15) is 19.6 Å². The summed E-state index contributed by atoms with van der Waals surface area (Å²) in [6, 6.07) is 7.01. The molecule has 3 heterocycles. The van der Waals surface area contributed by atoms with Crippen LogP contribution in [0.4, 0.5) is 0 Å². The summed E-state index contributed by atoms with van der Waals surface area (Å²) in [7, 11) is -3.94. The van der Waals surface area contributed by atoms with Crippen LogP contribution in [0, 0.1) is 0 Å². The smallest absolute Gasteiger partial charge is 0.387 e. The molecule has 1 amide bonds. The third kappa shape index (κ3) is 5.08. The summed E-state index contributed by atoms with van der Waals surface area (Å²) in [5, 5.41) is 21.4. The van der Waals surface area contributed by atoms with E-state index in [2.05, 4.69) is 0 Å². The van der Waals surface area contributed by atoms with Crippen molar-refractivity contribution in [1.82, 2.24) is 4.90 Å². The lowest BCUT2D eigenvalue weighted by Gasteiger charge is -2.31. The minimum absolute atomic E-state index is 0.147. The predicted molar refractivity (Wildman–Crippen MR) is 113 cm³/mol. The molecule has 0 aromatic heterocycles. The van der Waals surface area contributed by atoms with E-state index in [0.717, 1.165) is 5.56 Å². The summed E-state index contributed by atoms with van der Waals surface area (Å²) in [5.74, 6) is -0.627. The van der Waals surface area contributed by atoms with Crippen LogP contribution in [0.25, 0.3) is 0 Å². The zero-order valence-electron chi connectivity index (χ0n) is 17.0. The first-order valence-corrected chi connectivity index (χ1v) is 11.9. The van der Waals surface area contributed by atoms with Gasteiger partial charge in [-0.1, -0.05) is 35.9 Å². The lowest BCUT2D eigenvalue weighted by atomic mass is 10.1. The molecule has 4 rings (SSSR count). The number of phosphoric acid groups is 1. The normalized spacial score (nSPS) is 35.0. The Morgan fingerprint density at radius 3 is 2.91 bits per heavy atom. The molecule has 2 saturated heterocycles. The minimum Gasteiger partial charge on any atom is -0.387 e. The molecular weight excluding hydrogens is 463 g/mol. The van der Waals surface area contributed by atoms with Crippen molar-refractivity contribution in [2.75, 3.05) is 19.8 Å². The number of primary amides is 1. The fourth-order valence-corrected chi connectivity index (χ4v) is 5.31. The van der Waals surface area contributed by atoms with Gasteiger partial charge in [-0.2, -0.15) is 0 Å². The maximum absolute atomic E-state index is 13.0. The number of ether oxygens (including phenoxy) is 1. The average molecular weight is 487 g/mol. The molecule has 6 atom stereocenters. The van der Waals surface area contributed by atoms with Gasteiger partial charge in [0.25, 0.3) is 0 Å². The first kappa shape index (κ1) is 23.4. The Morgan fingerprint density at radius 2 is 2.16 bits per heavy atom. The summed E-state index contributed by atoms with van der Waals surface area (Å²) >= 11 is 6.02. The number of hydrogen-bond acceptors (Lipinski definition) is 9. The Hall–Kier alpha value is -1.75. The fourth-order valence-electron chi connectivity index (χ4n) is 3.72. The highest BCUT2D eigenvalue weighted by atomic mass is 35.5. The van der Waals surface area contributed by atoms with Gasteiger partial charge in [-0.15, -0.1) is 0 Å². The standard InChI is InChI=1S/C20H24ClN2O8P/c21-14-5-1-3-12(9-14)15-6-8-28-32(27,31-15)29-11-16-17(24)18(25)20(30-16)23-7-2-4-13(10-23)19(22)26/h1-5,9-10,15-18,20,24-25H,6-8,11H2,(H2,22,26)/t15?,16?,17-,18-,20-,32?/m1/s1. The van der Waals surface area contributed by atoms with Gasteiger partial charge in [-0.05, 0) is 17.7 Å². The molecule has 3 aliphatic heterocycles. The molecule has 32 heavy (non-hydrogen) atoms. The molecule has 4 N–H and O–H groups in total. The number of nitrogens with zero attached hydrogens (tertiary/aromatic N) is 1. The van der Waals surface area contributed by atoms with Gasteiger partial charge in [0.1, 0.15) is 18.3 Å². The maximum atomic E-state index is 13.0. The molecule has 3 aliphatic rings. The molecular formula is C20H24ClN2O8P. The van der Waals surface area contributed by atoms with E-state index in [1.54, 1.807) is 41.3 Å². The lowest BCUT2D eigenvalue weighted by molar-refractivity contribution is -0.114. The van der Waals surface area contributed by atoms with Crippen LogP contribution < -0.4 is 5.73 Å². The number of carbonyl (C=O) groups excluding carboxylic acids is 1. The number of aliphatic hydroxyl groups excluding tert-OH is 2. The van der Waals surface area contributed by atoms with Crippen molar-refractivity contribution in [3.63, 3.8) is 0 Å². The number of carbonyl (C=O) groups is 1. The second-order valence-corrected chi connectivity index (χ2v) is 9.67. The van der Waals surface area contributed by atoms with Crippen LogP contribution in [0.1, 0.15) is 18.1 Å². The van der Waals surface area contributed by atoms with Gasteiger partial charge in [-0.3, -0.25) is 18.4 Å². The van der Waals surface area contributed by atoms with Crippen LogP contribution in [0.5, 0.6) is 0 Å². The summed E-state index contributed by atoms with van der Waals surface area (Å²) in [6.45, 7) is 0.143. The molecule has 2 fully saturated rings. The van der Waals surface area contributed by atoms with E-state index < -0.39 is 44.4 Å². The zero-order chi connectivity index (χ0) is 22.9. The van der Waals surface area contributed by atoms with Gasteiger partial charge in [0, 0.05) is 24.2 Å². The highest BCUT2D eigenvalue weighted by Gasteiger charge is 2.47. The van der Waals surface area contributed by atoms with Crippen LogP contribution in [0.15, 0.2) is 48.2 Å². The number of halogens is 1. The Labute approximate surface area is 189 Å². The van der Waals surface area contributed by atoms with Crippen molar-refractivity contribution in [1.29, 1.82) is 0 Å². The van der Waals surface area contributed by atoms with Gasteiger partial charge >= 0.3 is 7.82 Å². The summed E-state index contributed by atoms with van der Waals surface area (Å²) in [5.41, 5.74) is 6.28. The Balaban J connectivity index is 1.38. The number of rotatable bonds is 6. The molecule has 174 valence electrons. The summed E-state index contributed by atoms with van der Waals surface area (Å²) in [6.07, 6.45) is 0.0674. The molecule has 0 aliphatic carbocycles. The quantitative estimate of drug-likeness (QED) is 0.511. The van der Waals surface area contributed by atoms with Gasteiger partial charge in [0.05, 0.1) is 24.9 Å². The van der Waals surface area contributed by atoms with Crippen LogP contribution in [-0.2, 0) is 27.7 Å². The maximum Gasteiger partial charge on any atom is 0.475 e. The molecule has 12 heteroatoms. The van der Waals surface area contributed by atoms with E-state index in [-0.39, 0.29) is 18.8 Å². The molecule has 1 aromatic carbocycles. The monoisotopic (exact) mass is 486 g/mol. The zero-order valence-corrected chi connectivity index (χ0v) is 18.6. The van der Waals surface area contributed by atoms with Crippen LogP contribution in [0.2, 0.25) is 5.02 Å². The highest BCUT2D eigenvalue weighted by Crippen LogP contribution is 2.57. The van der Waals surface area contributed by atoms with E-state index in [0.29, 0.717) is 18.0 Å². The molecule has 0 bridgehead atoms. The topological polar surface area (TPSA) is 141 Å². The number of nitrogens with two attached hydrogens (primary N) is 1. The van der Waals surface area contributed by atoms with E-state index in [1.165, 1.54) is 6.20 Å². The van der Waals surface area contributed by atoms with Crippen LogP contribution in [0.3, 0.4) is 0 Å². The van der Waals surface area contributed by atoms with Crippen molar-refractivity contribution >= 4 is 25.3 Å². The van der Waals surface area contributed by atoms with Gasteiger partial charge in [-0.25, -0.2) is 4.57 Å². The van der Waals surface area contributed by atoms with Crippen LogP contribution >= 0.6 is 19.4 Å². The largest absolute Gasteiger partial charge is 0.475 e. The highest BCUT2D eigenvalue weighted by molar-refractivity contribution is 7.48. The molecule has 1 aromatic rings. The second-order valence-electron chi connectivity index (χ2n) is 7.61. The minimum atomic E-state index is -3.94. The third-order valence-electron chi connectivity index (χ3n) is 5.37. The van der Waals surface area contributed by atoms with Crippen molar-refractivity contribution in [3.05, 3.63) is 58.8 Å².